The molecule has 0 radical (unpaired) electrons. The van der Waals surface area contributed by atoms with E-state index in [1.807, 2.05) is 17.5 Å². The van der Waals surface area contributed by atoms with Gasteiger partial charge < -0.3 is 10.0 Å². The quantitative estimate of drug-likeness (QED) is 0.730. The minimum Gasteiger partial charge on any atom is -0.383 e. The van der Waals surface area contributed by atoms with Crippen LogP contribution in [0.5, 0.6) is 0 Å². The molecule has 0 spiro atoms. The number of hydrogen-bond acceptors (Lipinski definition) is 3. The largest absolute Gasteiger partial charge is 0.383 e. The number of hydrogen-bond donors (Lipinski definition) is 1. The molecule has 0 bridgehead atoms. The number of carbonyl (C=O) groups excluding carboxylic acids is 1. The molecule has 0 unspecified atom stereocenters. The second-order valence-electron chi connectivity index (χ2n) is 3.23. The normalized spacial score (nSPS) is 28.5. The van der Waals surface area contributed by atoms with E-state index in [0.29, 0.717) is 6.42 Å². The summed E-state index contributed by atoms with van der Waals surface area (Å²) in [5, 5.41) is 11.3. The van der Waals surface area contributed by atoms with E-state index in [4.69, 9.17) is 0 Å². The summed E-state index contributed by atoms with van der Waals surface area (Å²) in [5.41, 5.74) is 0. The van der Waals surface area contributed by atoms with Crippen LogP contribution in [0.4, 0.5) is 0 Å². The predicted octanol–water partition coefficient (Wildman–Crippen LogP) is 1.01. The van der Waals surface area contributed by atoms with Crippen molar-refractivity contribution in [3.63, 3.8) is 0 Å². The minimum atomic E-state index is -0.808. The van der Waals surface area contributed by atoms with Crippen LogP contribution in [-0.2, 0) is 4.79 Å². The third-order valence-corrected chi connectivity index (χ3v) is 3.39. The van der Waals surface area contributed by atoms with Gasteiger partial charge in [0.15, 0.2) is 0 Å². The first kappa shape index (κ1) is 8.72. The van der Waals surface area contributed by atoms with Gasteiger partial charge in [-0.3, -0.25) is 4.79 Å². The van der Waals surface area contributed by atoms with Gasteiger partial charge in [-0.2, -0.15) is 0 Å². The van der Waals surface area contributed by atoms with Crippen molar-refractivity contribution in [3.05, 3.63) is 22.4 Å². The van der Waals surface area contributed by atoms with Crippen LogP contribution >= 0.6 is 11.3 Å². The molecule has 1 saturated heterocycles. The van der Waals surface area contributed by atoms with E-state index < -0.39 is 6.10 Å². The Morgan fingerprint density at radius 3 is 2.92 bits per heavy atom. The van der Waals surface area contributed by atoms with E-state index in [1.165, 1.54) is 0 Å². The molecule has 0 aliphatic carbocycles. The van der Waals surface area contributed by atoms with Crippen molar-refractivity contribution in [2.24, 2.45) is 0 Å². The molecule has 1 fully saturated rings. The van der Waals surface area contributed by atoms with E-state index in [9.17, 15) is 9.90 Å². The molecule has 2 heterocycles. The summed E-state index contributed by atoms with van der Waals surface area (Å²) in [5.74, 6) is -0.168. The SMILES string of the molecule is CN1C(=O)[C@@H](O)C[C@@H]1c1cccs1. The molecule has 70 valence electrons. The number of aliphatic hydroxyl groups excluding tert-OH is 1. The van der Waals surface area contributed by atoms with Crippen molar-refractivity contribution < 1.29 is 9.90 Å². The van der Waals surface area contributed by atoms with Gasteiger partial charge in [0, 0.05) is 18.3 Å². The lowest BCUT2D eigenvalue weighted by Gasteiger charge is -2.17. The highest BCUT2D eigenvalue weighted by molar-refractivity contribution is 7.10. The van der Waals surface area contributed by atoms with Crippen LogP contribution in [-0.4, -0.2) is 29.1 Å². The lowest BCUT2D eigenvalue weighted by atomic mass is 10.1. The van der Waals surface area contributed by atoms with E-state index in [2.05, 4.69) is 0 Å². The molecule has 1 amide bonds. The molecule has 0 aromatic carbocycles. The fraction of sp³-hybridized carbons (Fsp3) is 0.444. The van der Waals surface area contributed by atoms with Crippen LogP contribution in [0.25, 0.3) is 0 Å². The highest BCUT2D eigenvalue weighted by atomic mass is 32.1. The molecular weight excluding hydrogens is 186 g/mol. The van der Waals surface area contributed by atoms with Crippen LogP contribution in [0.3, 0.4) is 0 Å². The lowest BCUT2D eigenvalue weighted by Crippen LogP contribution is -2.26. The Balaban J connectivity index is 2.23. The highest BCUT2D eigenvalue weighted by Crippen LogP contribution is 2.33. The molecule has 1 aliphatic heterocycles. The number of amides is 1. The van der Waals surface area contributed by atoms with Crippen LogP contribution in [0.2, 0.25) is 0 Å². The van der Waals surface area contributed by atoms with Crippen molar-refractivity contribution in [1.29, 1.82) is 0 Å². The van der Waals surface area contributed by atoms with Gasteiger partial charge in [0.25, 0.3) is 5.91 Å². The van der Waals surface area contributed by atoms with Crippen molar-refractivity contribution in [1.82, 2.24) is 4.90 Å². The summed E-state index contributed by atoms with van der Waals surface area (Å²) in [6, 6.07) is 4.03. The number of likely N-dealkylation sites (tertiary alicyclic amines) is 1. The Bertz CT molecular complexity index is 309. The zero-order valence-corrected chi connectivity index (χ0v) is 8.12. The monoisotopic (exact) mass is 197 g/mol. The Kier molecular flexibility index (Phi) is 2.09. The summed E-state index contributed by atoms with van der Waals surface area (Å²) >= 11 is 1.62. The molecule has 1 aromatic rings. The van der Waals surface area contributed by atoms with Crippen LogP contribution in [0, 0.1) is 0 Å². The Morgan fingerprint density at radius 1 is 1.69 bits per heavy atom. The highest BCUT2D eigenvalue weighted by Gasteiger charge is 2.36. The standard InChI is InChI=1S/C9H11NO2S/c1-10-6(5-7(11)9(10)12)8-3-2-4-13-8/h2-4,6-7,11H,5H2,1H3/t6-,7+/m1/s1. The average molecular weight is 197 g/mol. The van der Waals surface area contributed by atoms with Crippen LogP contribution in [0.1, 0.15) is 17.3 Å². The maximum absolute atomic E-state index is 11.3. The van der Waals surface area contributed by atoms with Gasteiger partial charge in [0.05, 0.1) is 6.04 Å². The molecule has 3 nitrogen and oxygen atoms in total. The van der Waals surface area contributed by atoms with Crippen molar-refractivity contribution in [2.75, 3.05) is 7.05 Å². The average Bonchev–Trinajstić information content (AvgIpc) is 2.70. The van der Waals surface area contributed by atoms with Gasteiger partial charge >= 0.3 is 0 Å². The Labute approximate surface area is 80.6 Å². The number of aliphatic hydroxyl groups is 1. The number of likely N-dealkylation sites (N-methyl/N-ethyl adjacent to an activating group) is 1. The fourth-order valence-electron chi connectivity index (χ4n) is 1.65. The molecule has 1 aromatic heterocycles. The number of thiophene rings is 1. The lowest BCUT2D eigenvalue weighted by molar-refractivity contribution is -0.134. The van der Waals surface area contributed by atoms with E-state index >= 15 is 0 Å². The summed E-state index contributed by atoms with van der Waals surface area (Å²) < 4.78 is 0. The van der Waals surface area contributed by atoms with E-state index in [0.717, 1.165) is 4.88 Å². The predicted molar refractivity (Wildman–Crippen MR) is 50.5 cm³/mol. The molecule has 4 heteroatoms. The summed E-state index contributed by atoms with van der Waals surface area (Å²) in [6.45, 7) is 0. The summed E-state index contributed by atoms with van der Waals surface area (Å²) in [6.07, 6.45) is -0.285. The van der Waals surface area contributed by atoms with Crippen molar-refractivity contribution >= 4 is 17.2 Å². The number of carbonyl (C=O) groups is 1. The first-order valence-corrected chi connectivity index (χ1v) is 5.06. The number of nitrogens with zero attached hydrogens (tertiary/aromatic N) is 1. The summed E-state index contributed by atoms with van der Waals surface area (Å²) in [7, 11) is 1.74. The topological polar surface area (TPSA) is 40.5 Å². The molecule has 1 N–H and O–H groups in total. The van der Waals surface area contributed by atoms with Crippen LogP contribution < -0.4 is 0 Å². The molecule has 2 rings (SSSR count). The third kappa shape index (κ3) is 1.36. The third-order valence-electron chi connectivity index (χ3n) is 2.42. The van der Waals surface area contributed by atoms with Crippen molar-refractivity contribution in [2.45, 2.75) is 18.6 Å². The van der Waals surface area contributed by atoms with E-state index in [-0.39, 0.29) is 11.9 Å². The first-order valence-electron chi connectivity index (χ1n) is 4.18. The van der Waals surface area contributed by atoms with Crippen LogP contribution in [0.15, 0.2) is 17.5 Å². The molecular formula is C9H11NO2S. The number of rotatable bonds is 1. The maximum atomic E-state index is 11.3. The summed E-state index contributed by atoms with van der Waals surface area (Å²) in [4.78, 5) is 14.1. The smallest absolute Gasteiger partial charge is 0.251 e. The van der Waals surface area contributed by atoms with E-state index in [1.54, 1.807) is 23.3 Å². The molecule has 2 atom stereocenters. The Morgan fingerprint density at radius 2 is 2.46 bits per heavy atom. The van der Waals surface area contributed by atoms with Gasteiger partial charge in [-0.05, 0) is 11.4 Å². The maximum Gasteiger partial charge on any atom is 0.251 e. The molecule has 13 heavy (non-hydrogen) atoms. The van der Waals surface area contributed by atoms with Gasteiger partial charge in [0.1, 0.15) is 6.10 Å². The second kappa shape index (κ2) is 3.12. The molecule has 0 saturated carbocycles. The second-order valence-corrected chi connectivity index (χ2v) is 4.21. The van der Waals surface area contributed by atoms with Gasteiger partial charge in [0.2, 0.25) is 0 Å². The van der Waals surface area contributed by atoms with Gasteiger partial charge in [-0.25, -0.2) is 0 Å². The Hall–Kier alpha value is -0.870. The van der Waals surface area contributed by atoms with Gasteiger partial charge in [-0.15, -0.1) is 11.3 Å². The van der Waals surface area contributed by atoms with Gasteiger partial charge in [-0.1, -0.05) is 6.07 Å². The molecule has 1 aliphatic rings. The zero-order valence-electron chi connectivity index (χ0n) is 7.30. The minimum absolute atomic E-state index is 0.0718. The zero-order chi connectivity index (χ0) is 9.42. The fourth-order valence-corrected chi connectivity index (χ4v) is 2.53. The van der Waals surface area contributed by atoms with Crippen molar-refractivity contribution in [3.8, 4) is 0 Å². The first-order chi connectivity index (χ1) is 6.20.